The van der Waals surface area contributed by atoms with Crippen LogP contribution in [-0.4, -0.2) is 24.0 Å². The molecular weight excluding hydrogens is 265 g/mol. The topological polar surface area (TPSA) is 16.1 Å². The minimum atomic E-state index is -4.31. The first-order valence-corrected chi connectivity index (χ1v) is 6.38. The van der Waals surface area contributed by atoms with Crippen LogP contribution in [0.3, 0.4) is 0 Å². The predicted molar refractivity (Wildman–Crippen MR) is 64.9 cm³/mol. The van der Waals surface area contributed by atoms with Gasteiger partial charge in [0, 0.05) is 25.2 Å². The SMILES string of the molecule is FC(F)(F)c1ccnc(N2CCC(CCCl)C2)c1. The first kappa shape index (κ1) is 13.5. The van der Waals surface area contributed by atoms with E-state index in [1.54, 1.807) is 0 Å². The van der Waals surface area contributed by atoms with Gasteiger partial charge in [0.05, 0.1) is 5.56 Å². The maximum atomic E-state index is 12.6. The standard InChI is InChI=1S/C12H14ClF3N2/c13-4-1-9-3-6-18(8-9)11-7-10(2-5-17-11)12(14,15)16/h2,5,7,9H,1,3-4,6,8H2. The highest BCUT2D eigenvalue weighted by Gasteiger charge is 2.32. The van der Waals surface area contributed by atoms with Crippen LogP contribution in [0.5, 0.6) is 0 Å². The van der Waals surface area contributed by atoms with E-state index >= 15 is 0 Å². The lowest BCUT2D eigenvalue weighted by Crippen LogP contribution is -2.21. The minimum absolute atomic E-state index is 0.405. The van der Waals surface area contributed by atoms with Crippen LogP contribution in [0, 0.1) is 5.92 Å². The van der Waals surface area contributed by atoms with Crippen molar-refractivity contribution in [2.24, 2.45) is 5.92 Å². The summed E-state index contributed by atoms with van der Waals surface area (Å²) in [5.74, 6) is 1.45. The Morgan fingerprint density at radius 3 is 2.89 bits per heavy atom. The number of anilines is 1. The van der Waals surface area contributed by atoms with Crippen LogP contribution in [0.25, 0.3) is 0 Å². The average molecular weight is 279 g/mol. The number of nitrogens with zero attached hydrogens (tertiary/aromatic N) is 2. The molecule has 0 bridgehead atoms. The molecule has 1 saturated heterocycles. The zero-order valence-corrected chi connectivity index (χ0v) is 10.5. The summed E-state index contributed by atoms with van der Waals surface area (Å²) >= 11 is 5.68. The number of pyridine rings is 1. The average Bonchev–Trinajstić information content (AvgIpc) is 2.77. The van der Waals surface area contributed by atoms with Gasteiger partial charge in [0.2, 0.25) is 0 Å². The highest BCUT2D eigenvalue weighted by Crippen LogP contribution is 2.32. The summed E-state index contributed by atoms with van der Waals surface area (Å²) in [4.78, 5) is 5.92. The molecule has 1 aliphatic rings. The molecule has 6 heteroatoms. The molecule has 0 N–H and O–H groups in total. The lowest BCUT2D eigenvalue weighted by atomic mass is 10.1. The lowest BCUT2D eigenvalue weighted by Gasteiger charge is -2.18. The summed E-state index contributed by atoms with van der Waals surface area (Å²) in [7, 11) is 0. The Hall–Kier alpha value is -0.970. The third kappa shape index (κ3) is 3.07. The zero-order valence-electron chi connectivity index (χ0n) is 9.75. The third-order valence-electron chi connectivity index (χ3n) is 3.20. The van der Waals surface area contributed by atoms with Crippen LogP contribution in [-0.2, 0) is 6.18 Å². The molecule has 0 aromatic carbocycles. The summed E-state index contributed by atoms with van der Waals surface area (Å²) in [6.07, 6.45) is -1.23. The molecule has 2 heterocycles. The van der Waals surface area contributed by atoms with Crippen LogP contribution < -0.4 is 4.90 Å². The van der Waals surface area contributed by atoms with Crippen molar-refractivity contribution in [1.29, 1.82) is 0 Å². The number of halogens is 4. The molecule has 0 amide bonds. The van der Waals surface area contributed by atoms with Gasteiger partial charge in [0.25, 0.3) is 0 Å². The van der Waals surface area contributed by atoms with Crippen molar-refractivity contribution >= 4 is 17.4 Å². The second kappa shape index (κ2) is 5.34. The summed E-state index contributed by atoms with van der Waals surface area (Å²) < 4.78 is 37.8. The second-order valence-electron chi connectivity index (χ2n) is 4.48. The number of hydrogen-bond donors (Lipinski definition) is 0. The Bertz CT molecular complexity index is 409. The Morgan fingerprint density at radius 1 is 1.44 bits per heavy atom. The van der Waals surface area contributed by atoms with E-state index in [-0.39, 0.29) is 0 Å². The van der Waals surface area contributed by atoms with E-state index in [4.69, 9.17) is 11.6 Å². The van der Waals surface area contributed by atoms with Crippen molar-refractivity contribution in [2.45, 2.75) is 19.0 Å². The van der Waals surface area contributed by atoms with E-state index in [0.717, 1.165) is 38.1 Å². The highest BCUT2D eigenvalue weighted by atomic mass is 35.5. The maximum Gasteiger partial charge on any atom is 0.416 e. The van der Waals surface area contributed by atoms with Gasteiger partial charge < -0.3 is 4.90 Å². The molecule has 1 aromatic heterocycles. The van der Waals surface area contributed by atoms with E-state index in [1.807, 2.05) is 4.90 Å². The van der Waals surface area contributed by atoms with Gasteiger partial charge in [0.15, 0.2) is 0 Å². The van der Waals surface area contributed by atoms with Crippen molar-refractivity contribution in [3.8, 4) is 0 Å². The van der Waals surface area contributed by atoms with Gasteiger partial charge >= 0.3 is 6.18 Å². The normalized spacial score (nSPS) is 20.4. The quantitative estimate of drug-likeness (QED) is 0.786. The summed E-state index contributed by atoms with van der Waals surface area (Å²) in [5, 5.41) is 0. The van der Waals surface area contributed by atoms with Gasteiger partial charge in [-0.25, -0.2) is 4.98 Å². The molecule has 0 spiro atoms. The highest BCUT2D eigenvalue weighted by molar-refractivity contribution is 6.17. The molecular formula is C12H14ClF3N2. The second-order valence-corrected chi connectivity index (χ2v) is 4.86. The summed E-state index contributed by atoms with van der Waals surface area (Å²) in [5.41, 5.74) is -0.645. The summed E-state index contributed by atoms with van der Waals surface area (Å²) in [6.45, 7) is 1.48. The zero-order chi connectivity index (χ0) is 13.2. The minimum Gasteiger partial charge on any atom is -0.356 e. The molecule has 18 heavy (non-hydrogen) atoms. The number of aromatic nitrogens is 1. The van der Waals surface area contributed by atoms with E-state index in [0.29, 0.717) is 17.6 Å². The molecule has 1 aromatic rings. The van der Waals surface area contributed by atoms with Crippen LogP contribution in [0.15, 0.2) is 18.3 Å². The monoisotopic (exact) mass is 278 g/mol. The van der Waals surface area contributed by atoms with E-state index in [2.05, 4.69) is 4.98 Å². The molecule has 0 radical (unpaired) electrons. The number of alkyl halides is 4. The van der Waals surface area contributed by atoms with Crippen molar-refractivity contribution in [1.82, 2.24) is 4.98 Å². The van der Waals surface area contributed by atoms with Gasteiger partial charge in [-0.15, -0.1) is 11.6 Å². The van der Waals surface area contributed by atoms with Crippen LogP contribution in [0.4, 0.5) is 19.0 Å². The van der Waals surface area contributed by atoms with E-state index in [9.17, 15) is 13.2 Å². The molecule has 100 valence electrons. The number of hydrogen-bond acceptors (Lipinski definition) is 2. The first-order chi connectivity index (χ1) is 8.50. The summed E-state index contributed by atoms with van der Waals surface area (Å²) in [6, 6.07) is 2.11. The molecule has 2 nitrogen and oxygen atoms in total. The van der Waals surface area contributed by atoms with Crippen molar-refractivity contribution in [3.05, 3.63) is 23.9 Å². The smallest absolute Gasteiger partial charge is 0.356 e. The van der Waals surface area contributed by atoms with Crippen LogP contribution in [0.2, 0.25) is 0 Å². The van der Waals surface area contributed by atoms with Crippen molar-refractivity contribution in [2.75, 3.05) is 23.9 Å². The molecule has 0 aliphatic carbocycles. The molecule has 2 rings (SSSR count). The van der Waals surface area contributed by atoms with Gasteiger partial charge in [-0.05, 0) is 30.9 Å². The van der Waals surface area contributed by atoms with Gasteiger partial charge in [-0.2, -0.15) is 13.2 Å². The van der Waals surface area contributed by atoms with Gasteiger partial charge in [-0.1, -0.05) is 0 Å². The molecule has 1 atom stereocenters. The van der Waals surface area contributed by atoms with Crippen molar-refractivity contribution < 1.29 is 13.2 Å². The maximum absolute atomic E-state index is 12.6. The fourth-order valence-electron chi connectivity index (χ4n) is 2.20. The first-order valence-electron chi connectivity index (χ1n) is 5.85. The largest absolute Gasteiger partial charge is 0.416 e. The predicted octanol–water partition coefficient (Wildman–Crippen LogP) is 3.56. The number of rotatable bonds is 3. The van der Waals surface area contributed by atoms with Gasteiger partial charge in [-0.3, -0.25) is 0 Å². The molecule has 1 aliphatic heterocycles. The molecule has 0 saturated carbocycles. The lowest BCUT2D eigenvalue weighted by molar-refractivity contribution is -0.137. The molecule has 1 unspecified atom stereocenters. The van der Waals surface area contributed by atoms with Gasteiger partial charge in [0.1, 0.15) is 5.82 Å². The Morgan fingerprint density at radius 2 is 2.22 bits per heavy atom. The fraction of sp³-hybridized carbons (Fsp3) is 0.583. The van der Waals surface area contributed by atoms with Crippen molar-refractivity contribution in [3.63, 3.8) is 0 Å². The Labute approximate surface area is 109 Å². The Balaban J connectivity index is 2.10. The molecule has 1 fully saturated rings. The fourth-order valence-corrected chi connectivity index (χ4v) is 2.51. The Kier molecular flexibility index (Phi) is 4.00. The van der Waals surface area contributed by atoms with Crippen LogP contribution in [0.1, 0.15) is 18.4 Å². The van der Waals surface area contributed by atoms with E-state index in [1.165, 1.54) is 6.20 Å². The van der Waals surface area contributed by atoms with Crippen LogP contribution >= 0.6 is 11.6 Å². The third-order valence-corrected chi connectivity index (χ3v) is 3.42. The van der Waals surface area contributed by atoms with E-state index < -0.39 is 11.7 Å².